The van der Waals surface area contributed by atoms with E-state index in [1.165, 1.54) is 12.1 Å². The molecule has 25 heavy (non-hydrogen) atoms. The number of amides is 1. The third-order valence-electron chi connectivity index (χ3n) is 4.95. The van der Waals surface area contributed by atoms with E-state index in [-0.39, 0.29) is 22.8 Å². The minimum atomic E-state index is -3.60. The van der Waals surface area contributed by atoms with Gasteiger partial charge in [-0.15, -0.1) is 0 Å². The largest absolute Gasteiger partial charge is 0.326 e. The predicted molar refractivity (Wildman–Crippen MR) is 99.7 cm³/mol. The molecule has 7 heteroatoms. The van der Waals surface area contributed by atoms with Crippen molar-refractivity contribution < 1.29 is 13.2 Å². The van der Waals surface area contributed by atoms with Crippen LogP contribution >= 0.6 is 0 Å². The molecule has 3 unspecified atom stereocenters. The number of sulfonamides is 1. The zero-order chi connectivity index (χ0) is 18.7. The maximum Gasteiger partial charge on any atom is 0.240 e. The van der Waals surface area contributed by atoms with Crippen LogP contribution in [0.1, 0.15) is 52.9 Å². The molecule has 0 spiro atoms. The molecule has 1 aliphatic carbocycles. The first-order chi connectivity index (χ1) is 11.7. The predicted octanol–water partition coefficient (Wildman–Crippen LogP) is 2.61. The Hall–Kier alpha value is -1.44. The van der Waals surface area contributed by atoms with E-state index >= 15 is 0 Å². The van der Waals surface area contributed by atoms with E-state index < -0.39 is 15.6 Å². The number of carbonyl (C=O) groups excluding carboxylic acids is 1. The van der Waals surface area contributed by atoms with Gasteiger partial charge in [0, 0.05) is 17.3 Å². The van der Waals surface area contributed by atoms with Crippen LogP contribution < -0.4 is 15.8 Å². The summed E-state index contributed by atoms with van der Waals surface area (Å²) in [7, 11) is -3.60. The molecular formula is C18H29N3O3S. The number of nitrogens with one attached hydrogen (secondary N) is 2. The summed E-state index contributed by atoms with van der Waals surface area (Å²) in [5, 5.41) is 2.84. The molecule has 4 N–H and O–H groups in total. The number of rotatable bonds is 6. The molecule has 1 aromatic carbocycles. The first kappa shape index (κ1) is 19.9. The summed E-state index contributed by atoms with van der Waals surface area (Å²) in [4.78, 5) is 12.8. The number of anilines is 1. The van der Waals surface area contributed by atoms with Crippen molar-refractivity contribution in [1.82, 2.24) is 4.72 Å². The Morgan fingerprint density at radius 3 is 2.76 bits per heavy atom. The monoisotopic (exact) mass is 367 g/mol. The van der Waals surface area contributed by atoms with E-state index in [2.05, 4.69) is 10.0 Å². The molecule has 1 aliphatic rings. The van der Waals surface area contributed by atoms with Crippen molar-refractivity contribution in [3.8, 4) is 0 Å². The highest BCUT2D eigenvalue weighted by Crippen LogP contribution is 2.32. The lowest BCUT2D eigenvalue weighted by Crippen LogP contribution is -2.51. The average molecular weight is 368 g/mol. The van der Waals surface area contributed by atoms with Crippen LogP contribution in [0.5, 0.6) is 0 Å². The quantitative estimate of drug-likeness (QED) is 0.719. The summed E-state index contributed by atoms with van der Waals surface area (Å²) in [5.74, 6) is -0.408. The van der Waals surface area contributed by atoms with Crippen molar-refractivity contribution in [2.45, 2.75) is 69.4 Å². The molecule has 0 saturated heterocycles. The SMILES string of the molecule is CCC(C)NS(=O)(=O)c1cccc(NC(=O)C2CCCCC2(C)N)c1. The number of carbonyl (C=O) groups is 1. The lowest BCUT2D eigenvalue weighted by Gasteiger charge is -2.37. The smallest absolute Gasteiger partial charge is 0.240 e. The zero-order valence-electron chi connectivity index (χ0n) is 15.2. The second-order valence-electron chi connectivity index (χ2n) is 7.25. The lowest BCUT2D eigenvalue weighted by atomic mass is 9.74. The fourth-order valence-corrected chi connectivity index (χ4v) is 4.55. The Labute approximate surface area is 150 Å². The molecule has 0 heterocycles. The van der Waals surface area contributed by atoms with Gasteiger partial charge in [0.25, 0.3) is 0 Å². The molecule has 2 rings (SSSR count). The molecule has 1 amide bonds. The Morgan fingerprint density at radius 2 is 2.12 bits per heavy atom. The van der Waals surface area contributed by atoms with Crippen LogP contribution in [0.4, 0.5) is 5.69 Å². The van der Waals surface area contributed by atoms with E-state index in [1.54, 1.807) is 12.1 Å². The highest BCUT2D eigenvalue weighted by molar-refractivity contribution is 7.89. The molecule has 1 fully saturated rings. The molecule has 140 valence electrons. The zero-order valence-corrected chi connectivity index (χ0v) is 16.0. The second kappa shape index (κ2) is 7.85. The van der Waals surface area contributed by atoms with Crippen LogP contribution in [-0.4, -0.2) is 25.9 Å². The van der Waals surface area contributed by atoms with Gasteiger partial charge in [0.05, 0.1) is 10.8 Å². The first-order valence-electron chi connectivity index (χ1n) is 8.88. The van der Waals surface area contributed by atoms with E-state index in [9.17, 15) is 13.2 Å². The summed E-state index contributed by atoms with van der Waals surface area (Å²) < 4.78 is 27.4. The lowest BCUT2D eigenvalue weighted by molar-refractivity contribution is -0.122. The van der Waals surface area contributed by atoms with Gasteiger partial charge in [-0.1, -0.05) is 25.8 Å². The van der Waals surface area contributed by atoms with Gasteiger partial charge in [0.1, 0.15) is 0 Å². The van der Waals surface area contributed by atoms with Gasteiger partial charge in [0.2, 0.25) is 15.9 Å². The summed E-state index contributed by atoms with van der Waals surface area (Å²) >= 11 is 0. The molecule has 0 radical (unpaired) electrons. The van der Waals surface area contributed by atoms with Crippen molar-refractivity contribution in [3.05, 3.63) is 24.3 Å². The number of hydrogen-bond donors (Lipinski definition) is 3. The molecular weight excluding hydrogens is 338 g/mol. The molecule has 0 aliphatic heterocycles. The first-order valence-corrected chi connectivity index (χ1v) is 10.4. The molecule has 0 aromatic heterocycles. The molecule has 6 nitrogen and oxygen atoms in total. The Morgan fingerprint density at radius 1 is 1.40 bits per heavy atom. The fraction of sp³-hybridized carbons (Fsp3) is 0.611. The standard InChI is InChI=1S/C18H29N3O3S/c1-4-13(2)21-25(23,24)15-9-7-8-14(12-15)20-17(22)16-10-5-6-11-18(16,3)19/h7-9,12-13,16,21H,4-6,10-11,19H2,1-3H3,(H,20,22). The van der Waals surface area contributed by atoms with Crippen molar-refractivity contribution in [2.24, 2.45) is 11.7 Å². The van der Waals surface area contributed by atoms with Gasteiger partial charge in [-0.05, 0) is 51.3 Å². The number of nitrogens with two attached hydrogens (primary N) is 1. The minimum absolute atomic E-state index is 0.143. The Balaban J connectivity index is 2.15. The summed E-state index contributed by atoms with van der Waals surface area (Å²) in [6, 6.07) is 6.18. The van der Waals surface area contributed by atoms with Gasteiger partial charge >= 0.3 is 0 Å². The van der Waals surface area contributed by atoms with E-state index in [4.69, 9.17) is 5.73 Å². The number of benzene rings is 1. The highest BCUT2D eigenvalue weighted by atomic mass is 32.2. The van der Waals surface area contributed by atoms with Crippen LogP contribution in [0.25, 0.3) is 0 Å². The van der Waals surface area contributed by atoms with Gasteiger partial charge < -0.3 is 11.1 Å². The molecule has 3 atom stereocenters. The third kappa shape index (κ3) is 5.03. The molecule has 1 aromatic rings. The minimum Gasteiger partial charge on any atom is -0.326 e. The van der Waals surface area contributed by atoms with Gasteiger partial charge in [-0.25, -0.2) is 13.1 Å². The van der Waals surface area contributed by atoms with Crippen molar-refractivity contribution >= 4 is 21.6 Å². The van der Waals surface area contributed by atoms with E-state index in [0.29, 0.717) is 12.1 Å². The Kier molecular flexibility index (Phi) is 6.24. The summed E-state index contributed by atoms with van der Waals surface area (Å²) in [6.07, 6.45) is 4.29. The second-order valence-corrected chi connectivity index (χ2v) is 8.97. The van der Waals surface area contributed by atoms with Gasteiger partial charge in [-0.2, -0.15) is 0 Å². The summed E-state index contributed by atoms with van der Waals surface area (Å²) in [5.41, 5.74) is 6.23. The molecule has 0 bridgehead atoms. The summed E-state index contributed by atoms with van der Waals surface area (Å²) in [6.45, 7) is 5.64. The van der Waals surface area contributed by atoms with Crippen molar-refractivity contribution in [2.75, 3.05) is 5.32 Å². The van der Waals surface area contributed by atoms with E-state index in [1.807, 2.05) is 20.8 Å². The van der Waals surface area contributed by atoms with Gasteiger partial charge in [-0.3, -0.25) is 4.79 Å². The maximum absolute atomic E-state index is 12.6. The van der Waals surface area contributed by atoms with Crippen LogP contribution in [0.3, 0.4) is 0 Å². The highest BCUT2D eigenvalue weighted by Gasteiger charge is 2.37. The fourth-order valence-electron chi connectivity index (χ4n) is 3.18. The molecule has 1 saturated carbocycles. The average Bonchev–Trinajstić information content (AvgIpc) is 2.54. The van der Waals surface area contributed by atoms with Crippen LogP contribution in [0.15, 0.2) is 29.2 Å². The third-order valence-corrected chi connectivity index (χ3v) is 6.54. The van der Waals surface area contributed by atoms with Crippen LogP contribution in [0.2, 0.25) is 0 Å². The maximum atomic E-state index is 12.6. The van der Waals surface area contributed by atoms with Gasteiger partial charge in [0.15, 0.2) is 0 Å². The number of hydrogen-bond acceptors (Lipinski definition) is 4. The topological polar surface area (TPSA) is 101 Å². The normalized spacial score (nSPS) is 25.4. The van der Waals surface area contributed by atoms with E-state index in [0.717, 1.165) is 25.7 Å². The Bertz CT molecular complexity index is 716. The van der Waals surface area contributed by atoms with Crippen LogP contribution in [0, 0.1) is 5.92 Å². The van der Waals surface area contributed by atoms with Crippen molar-refractivity contribution in [3.63, 3.8) is 0 Å². The van der Waals surface area contributed by atoms with Crippen molar-refractivity contribution in [1.29, 1.82) is 0 Å². The van der Waals surface area contributed by atoms with Crippen LogP contribution in [-0.2, 0) is 14.8 Å².